The highest BCUT2D eigenvalue weighted by Crippen LogP contribution is 2.34. The molecule has 0 fully saturated rings. The Labute approximate surface area is 196 Å². The van der Waals surface area contributed by atoms with Gasteiger partial charge in [-0.3, -0.25) is 9.36 Å². The van der Waals surface area contributed by atoms with Crippen LogP contribution in [-0.4, -0.2) is 33.4 Å². The second-order valence-corrected chi connectivity index (χ2v) is 8.08. The quantitative estimate of drug-likeness (QED) is 0.180. The minimum absolute atomic E-state index is 0.0641. The molecule has 0 saturated carbocycles. The van der Waals surface area contributed by atoms with Crippen LogP contribution in [-0.2, 0) is 6.18 Å². The summed E-state index contributed by atoms with van der Waals surface area (Å²) in [7, 11) is 1.52. The van der Waals surface area contributed by atoms with Crippen LogP contribution >= 0.6 is 11.8 Å². The Morgan fingerprint density at radius 3 is 2.35 bits per heavy atom. The molecule has 3 aromatic carbocycles. The van der Waals surface area contributed by atoms with Gasteiger partial charge < -0.3 is 4.74 Å². The van der Waals surface area contributed by atoms with Gasteiger partial charge in [0, 0.05) is 11.1 Å². The predicted molar refractivity (Wildman–Crippen MR) is 120 cm³/mol. The summed E-state index contributed by atoms with van der Waals surface area (Å²) in [6.45, 7) is 0. The smallest absolute Gasteiger partial charge is 0.416 e. The van der Waals surface area contributed by atoms with Crippen LogP contribution in [0.5, 0.6) is 5.75 Å². The summed E-state index contributed by atoms with van der Waals surface area (Å²) >= 11 is 1.03. The fraction of sp³-hybridized carbons (Fsp3) is 0.125. The molecule has 0 aliphatic heterocycles. The van der Waals surface area contributed by atoms with Gasteiger partial charge in [-0.2, -0.15) is 13.2 Å². The molecular weight excluding hydrogens is 470 g/mol. The average Bonchev–Trinajstić information content (AvgIpc) is 3.26. The van der Waals surface area contributed by atoms with Gasteiger partial charge in [-0.25, -0.2) is 4.39 Å². The molecular formula is C24H17F4N3O2S. The minimum atomic E-state index is -4.53. The molecule has 0 spiro atoms. The van der Waals surface area contributed by atoms with Crippen molar-refractivity contribution in [1.82, 2.24) is 14.8 Å². The zero-order valence-corrected chi connectivity index (χ0v) is 18.5. The maximum Gasteiger partial charge on any atom is 0.416 e. The fourth-order valence-electron chi connectivity index (χ4n) is 3.19. The molecule has 0 radical (unpaired) electrons. The minimum Gasteiger partial charge on any atom is -0.497 e. The highest BCUT2D eigenvalue weighted by atomic mass is 32.2. The summed E-state index contributed by atoms with van der Waals surface area (Å²) in [6.07, 6.45) is -4.53. The molecule has 10 heteroatoms. The van der Waals surface area contributed by atoms with Crippen LogP contribution in [0.2, 0.25) is 0 Å². The van der Waals surface area contributed by atoms with E-state index in [9.17, 15) is 22.4 Å². The van der Waals surface area contributed by atoms with Crippen LogP contribution in [0.25, 0.3) is 17.1 Å². The topological polar surface area (TPSA) is 57.0 Å². The van der Waals surface area contributed by atoms with Gasteiger partial charge in [-0.15, -0.1) is 10.2 Å². The highest BCUT2D eigenvalue weighted by Gasteiger charge is 2.31. The van der Waals surface area contributed by atoms with Crippen LogP contribution in [0.15, 0.2) is 78.0 Å². The number of thioether (sulfide) groups is 1. The molecule has 0 unspecified atom stereocenters. The van der Waals surface area contributed by atoms with Gasteiger partial charge in [0.1, 0.15) is 11.6 Å². The van der Waals surface area contributed by atoms with Gasteiger partial charge >= 0.3 is 6.18 Å². The van der Waals surface area contributed by atoms with Crippen molar-refractivity contribution in [3.8, 4) is 22.8 Å². The first-order valence-electron chi connectivity index (χ1n) is 9.95. The summed E-state index contributed by atoms with van der Waals surface area (Å²) in [4.78, 5) is 12.5. The van der Waals surface area contributed by atoms with E-state index < -0.39 is 17.6 Å². The number of methoxy groups -OCH3 is 1. The van der Waals surface area contributed by atoms with E-state index in [1.165, 1.54) is 48.1 Å². The van der Waals surface area contributed by atoms with E-state index >= 15 is 0 Å². The van der Waals surface area contributed by atoms with E-state index in [4.69, 9.17) is 4.74 Å². The summed E-state index contributed by atoms with van der Waals surface area (Å²) in [5, 5.41) is 8.55. The molecule has 5 nitrogen and oxygen atoms in total. The third-order valence-corrected chi connectivity index (χ3v) is 5.84. The van der Waals surface area contributed by atoms with Crippen molar-refractivity contribution in [2.75, 3.05) is 12.9 Å². The molecule has 0 aliphatic rings. The first kappa shape index (κ1) is 23.5. The Hall–Kier alpha value is -3.66. The van der Waals surface area contributed by atoms with Crippen molar-refractivity contribution in [3.05, 3.63) is 89.7 Å². The summed E-state index contributed by atoms with van der Waals surface area (Å²) in [5.41, 5.74) is 0.289. The van der Waals surface area contributed by atoms with Crippen molar-refractivity contribution in [1.29, 1.82) is 0 Å². The highest BCUT2D eigenvalue weighted by molar-refractivity contribution is 7.99. The lowest BCUT2D eigenvalue weighted by atomic mass is 10.1. The normalized spacial score (nSPS) is 11.4. The van der Waals surface area contributed by atoms with Gasteiger partial charge in [-0.1, -0.05) is 17.8 Å². The van der Waals surface area contributed by atoms with Crippen LogP contribution in [0, 0.1) is 5.82 Å². The zero-order chi connectivity index (χ0) is 24.3. The second kappa shape index (κ2) is 9.68. The molecule has 0 bridgehead atoms. The van der Waals surface area contributed by atoms with Crippen LogP contribution in [0.4, 0.5) is 17.6 Å². The molecule has 4 aromatic rings. The number of carbonyl (C=O) groups is 1. The van der Waals surface area contributed by atoms with Gasteiger partial charge in [0.05, 0.1) is 24.1 Å². The number of hydrogen-bond donors (Lipinski definition) is 0. The van der Waals surface area contributed by atoms with E-state index in [1.54, 1.807) is 24.3 Å². The molecule has 34 heavy (non-hydrogen) atoms. The Balaban J connectivity index is 1.72. The van der Waals surface area contributed by atoms with Crippen LogP contribution in [0.1, 0.15) is 15.9 Å². The number of ether oxygens (including phenoxy) is 1. The van der Waals surface area contributed by atoms with Crippen molar-refractivity contribution in [3.63, 3.8) is 0 Å². The lowest BCUT2D eigenvalue weighted by Crippen LogP contribution is -2.08. The number of benzene rings is 3. The summed E-state index contributed by atoms with van der Waals surface area (Å²) in [6, 6.07) is 16.7. The lowest BCUT2D eigenvalue weighted by molar-refractivity contribution is -0.137. The SMILES string of the molecule is COc1ccc(-c2nnc(SCC(=O)c3ccc(F)cc3)n2-c2cccc(C(F)(F)F)c2)cc1. The summed E-state index contributed by atoms with van der Waals surface area (Å²) < 4.78 is 59.8. The molecule has 0 N–H and O–H groups in total. The van der Waals surface area contributed by atoms with Gasteiger partial charge in [0.2, 0.25) is 0 Å². The molecule has 0 atom stereocenters. The third kappa shape index (κ3) is 5.12. The number of aromatic nitrogens is 3. The molecule has 0 amide bonds. The number of alkyl halides is 3. The lowest BCUT2D eigenvalue weighted by Gasteiger charge is -2.13. The molecule has 174 valence electrons. The Kier molecular flexibility index (Phi) is 6.69. The zero-order valence-electron chi connectivity index (χ0n) is 17.7. The van der Waals surface area contributed by atoms with E-state index in [2.05, 4.69) is 10.2 Å². The van der Waals surface area contributed by atoms with E-state index in [0.29, 0.717) is 22.7 Å². The second-order valence-electron chi connectivity index (χ2n) is 7.14. The van der Waals surface area contributed by atoms with Gasteiger partial charge in [0.15, 0.2) is 16.8 Å². The fourth-order valence-corrected chi connectivity index (χ4v) is 4.04. The number of carbonyl (C=O) groups excluding carboxylic acids is 1. The standard InChI is InChI=1S/C24H17F4N3O2S/c1-33-20-11-7-16(8-12-20)22-29-30-23(34-14-21(32)15-5-9-18(25)10-6-15)31(22)19-4-2-3-17(13-19)24(26,27)28/h2-13H,14H2,1H3. The predicted octanol–water partition coefficient (Wildman–Crippen LogP) is 6.08. The Morgan fingerprint density at radius 2 is 1.71 bits per heavy atom. The maximum absolute atomic E-state index is 13.4. The third-order valence-electron chi connectivity index (χ3n) is 4.91. The molecule has 0 saturated heterocycles. The van der Waals surface area contributed by atoms with E-state index in [-0.39, 0.29) is 22.4 Å². The van der Waals surface area contributed by atoms with Crippen molar-refractivity contribution in [2.45, 2.75) is 11.3 Å². The number of nitrogens with zero attached hydrogens (tertiary/aromatic N) is 3. The number of ketones is 1. The Morgan fingerprint density at radius 1 is 1.00 bits per heavy atom. The molecule has 1 aromatic heterocycles. The Bertz CT molecular complexity index is 1300. The van der Waals surface area contributed by atoms with E-state index in [1.807, 2.05) is 0 Å². The average molecular weight is 487 g/mol. The van der Waals surface area contributed by atoms with E-state index in [0.717, 1.165) is 23.9 Å². The van der Waals surface area contributed by atoms with Gasteiger partial charge in [-0.05, 0) is 66.7 Å². The number of hydrogen-bond acceptors (Lipinski definition) is 5. The molecule has 0 aliphatic carbocycles. The van der Waals surface area contributed by atoms with Gasteiger partial charge in [0.25, 0.3) is 0 Å². The largest absolute Gasteiger partial charge is 0.497 e. The number of halogens is 4. The molecule has 1 heterocycles. The monoisotopic (exact) mass is 487 g/mol. The molecule has 4 rings (SSSR count). The first-order chi connectivity index (χ1) is 16.3. The van der Waals surface area contributed by atoms with Crippen molar-refractivity contribution >= 4 is 17.5 Å². The number of rotatable bonds is 7. The van der Waals surface area contributed by atoms with Crippen LogP contribution < -0.4 is 4.74 Å². The van der Waals surface area contributed by atoms with Crippen molar-refractivity contribution < 1.29 is 27.1 Å². The van der Waals surface area contributed by atoms with Crippen LogP contribution in [0.3, 0.4) is 0 Å². The number of Topliss-reactive ketones (excluding diaryl/α,β-unsaturated/α-hetero) is 1. The maximum atomic E-state index is 13.4. The first-order valence-corrected chi connectivity index (χ1v) is 10.9. The summed E-state index contributed by atoms with van der Waals surface area (Å²) in [5.74, 6) is 0.102. The van der Waals surface area contributed by atoms with Crippen molar-refractivity contribution in [2.24, 2.45) is 0 Å².